The van der Waals surface area contributed by atoms with Gasteiger partial charge >= 0.3 is 6.03 Å². The highest BCUT2D eigenvalue weighted by atomic mass is 16.3. The third-order valence-electron chi connectivity index (χ3n) is 9.89. The van der Waals surface area contributed by atoms with Gasteiger partial charge in [-0.05, 0) is 67.1 Å². The molecule has 53 heavy (non-hydrogen) atoms. The topological polar surface area (TPSA) is 149 Å². The third kappa shape index (κ3) is 8.38. The Morgan fingerprint density at radius 3 is 2.32 bits per heavy atom. The molecule has 0 saturated carbocycles. The van der Waals surface area contributed by atoms with Crippen LogP contribution in [0.25, 0.3) is 5.69 Å². The maximum absolute atomic E-state index is 14.7. The zero-order valence-corrected chi connectivity index (χ0v) is 30.5. The fourth-order valence-electron chi connectivity index (χ4n) is 6.94. The first-order valence-electron chi connectivity index (χ1n) is 18.4. The lowest BCUT2D eigenvalue weighted by molar-refractivity contribution is -0.110. The molecular weight excluding hydrogens is 670 g/mol. The van der Waals surface area contributed by atoms with E-state index >= 15 is 0 Å². The molecule has 0 bridgehead atoms. The Balaban J connectivity index is 1.35. The first kappa shape index (κ1) is 37.1. The van der Waals surface area contributed by atoms with Gasteiger partial charge in [0.05, 0.1) is 29.9 Å². The summed E-state index contributed by atoms with van der Waals surface area (Å²) in [5, 5.41) is 20.8. The zero-order valence-electron chi connectivity index (χ0n) is 30.5. The molecule has 0 saturated heterocycles. The van der Waals surface area contributed by atoms with Gasteiger partial charge in [0.2, 0.25) is 0 Å². The SMILES string of the molecule is CCCCN(CCCC)C(=O)c1cc(C)n(-c2ccc(NC(=O)C3=NC(=O)NC(c4ccccc4)C3)cc2C(=O)N2Cc3ccccc3CC2CO)n1. The fourth-order valence-corrected chi connectivity index (χ4v) is 6.94. The fraction of sp³-hybridized carbons (Fsp3) is 0.366. The lowest BCUT2D eigenvalue weighted by Crippen LogP contribution is -2.46. The van der Waals surface area contributed by atoms with Crippen molar-refractivity contribution in [1.29, 1.82) is 0 Å². The van der Waals surface area contributed by atoms with Crippen molar-refractivity contribution < 1.29 is 24.3 Å². The number of aryl methyl sites for hydroxylation is 1. The number of amides is 5. The summed E-state index contributed by atoms with van der Waals surface area (Å²) in [6, 6.07) is 22.4. The number of fused-ring (bicyclic) bond motifs is 1. The summed E-state index contributed by atoms with van der Waals surface area (Å²) >= 11 is 0. The van der Waals surface area contributed by atoms with E-state index in [1.807, 2.05) is 66.4 Å². The maximum Gasteiger partial charge on any atom is 0.341 e. The molecule has 0 fully saturated rings. The summed E-state index contributed by atoms with van der Waals surface area (Å²) in [5.74, 6) is -1.09. The predicted molar refractivity (Wildman–Crippen MR) is 203 cm³/mol. The first-order valence-corrected chi connectivity index (χ1v) is 18.4. The van der Waals surface area contributed by atoms with E-state index in [1.165, 1.54) is 0 Å². The second-order valence-electron chi connectivity index (χ2n) is 13.7. The Labute approximate surface area is 309 Å². The summed E-state index contributed by atoms with van der Waals surface area (Å²) in [4.78, 5) is 62.0. The Morgan fingerprint density at radius 1 is 0.925 bits per heavy atom. The maximum atomic E-state index is 14.7. The Morgan fingerprint density at radius 2 is 1.62 bits per heavy atom. The number of unbranched alkanes of at least 4 members (excludes halogenated alkanes) is 2. The van der Waals surface area contributed by atoms with E-state index in [-0.39, 0.29) is 48.4 Å². The molecule has 3 heterocycles. The number of urea groups is 1. The van der Waals surface area contributed by atoms with Crippen LogP contribution in [0.2, 0.25) is 0 Å². The lowest BCUT2D eigenvalue weighted by Gasteiger charge is -2.36. The van der Waals surface area contributed by atoms with Crippen LogP contribution in [-0.2, 0) is 17.8 Å². The largest absolute Gasteiger partial charge is 0.394 e. The van der Waals surface area contributed by atoms with Crippen LogP contribution in [0.4, 0.5) is 10.5 Å². The number of hydrogen-bond donors (Lipinski definition) is 3. The third-order valence-corrected chi connectivity index (χ3v) is 9.89. The molecule has 3 aromatic carbocycles. The van der Waals surface area contributed by atoms with E-state index in [1.54, 1.807) is 33.8 Å². The number of aliphatic hydroxyl groups excluding tert-OH is 1. The van der Waals surface area contributed by atoms with Crippen LogP contribution in [0.5, 0.6) is 0 Å². The van der Waals surface area contributed by atoms with Gasteiger partial charge in [0, 0.05) is 37.4 Å². The quantitative estimate of drug-likeness (QED) is 0.154. The van der Waals surface area contributed by atoms with Crippen molar-refractivity contribution in [2.75, 3.05) is 25.0 Å². The van der Waals surface area contributed by atoms with Gasteiger partial charge < -0.3 is 25.5 Å². The van der Waals surface area contributed by atoms with E-state index < -0.39 is 24.0 Å². The molecule has 4 aromatic rings. The Kier molecular flexibility index (Phi) is 11.8. The van der Waals surface area contributed by atoms with Crippen molar-refractivity contribution in [2.24, 2.45) is 4.99 Å². The van der Waals surface area contributed by atoms with Crippen molar-refractivity contribution in [3.8, 4) is 5.69 Å². The number of aromatic nitrogens is 2. The number of nitrogens with one attached hydrogen (secondary N) is 2. The highest BCUT2D eigenvalue weighted by Gasteiger charge is 2.33. The van der Waals surface area contributed by atoms with Gasteiger partial charge in [-0.15, -0.1) is 0 Å². The van der Waals surface area contributed by atoms with Crippen molar-refractivity contribution in [2.45, 2.75) is 77.9 Å². The van der Waals surface area contributed by atoms with Gasteiger partial charge in [0.15, 0.2) is 5.69 Å². The predicted octanol–water partition coefficient (Wildman–Crippen LogP) is 6.02. The number of benzene rings is 3. The molecule has 5 amide bonds. The molecule has 0 aliphatic carbocycles. The molecule has 2 atom stereocenters. The number of hydrogen-bond acceptors (Lipinski definition) is 6. The summed E-state index contributed by atoms with van der Waals surface area (Å²) in [7, 11) is 0. The van der Waals surface area contributed by atoms with Gasteiger partial charge in [-0.2, -0.15) is 10.1 Å². The highest BCUT2D eigenvalue weighted by molar-refractivity contribution is 6.44. The Bertz CT molecular complexity index is 2000. The summed E-state index contributed by atoms with van der Waals surface area (Å²) in [5.41, 5.74) is 4.88. The second kappa shape index (κ2) is 16.8. The molecule has 1 aromatic heterocycles. The molecule has 12 nitrogen and oxygen atoms in total. The summed E-state index contributed by atoms with van der Waals surface area (Å²) < 4.78 is 1.59. The van der Waals surface area contributed by atoms with E-state index in [0.29, 0.717) is 36.6 Å². The van der Waals surface area contributed by atoms with Crippen LogP contribution < -0.4 is 10.6 Å². The van der Waals surface area contributed by atoms with Crippen LogP contribution in [-0.4, -0.2) is 79.9 Å². The van der Waals surface area contributed by atoms with E-state index in [4.69, 9.17) is 5.10 Å². The monoisotopic (exact) mass is 717 g/mol. The number of aliphatic imine (C=N–C) groups is 1. The van der Waals surface area contributed by atoms with Gasteiger partial charge in [-0.3, -0.25) is 14.4 Å². The average molecular weight is 718 g/mol. The number of carbonyl (C=O) groups is 4. The molecule has 6 rings (SSSR count). The van der Waals surface area contributed by atoms with Crippen LogP contribution in [0, 0.1) is 6.92 Å². The van der Waals surface area contributed by atoms with E-state index in [9.17, 15) is 24.3 Å². The minimum absolute atomic E-state index is 0.0642. The summed E-state index contributed by atoms with van der Waals surface area (Å²) in [6.07, 6.45) is 4.36. The minimum atomic E-state index is -0.607. The lowest BCUT2D eigenvalue weighted by atomic mass is 9.93. The average Bonchev–Trinajstić information content (AvgIpc) is 3.57. The number of aliphatic hydroxyl groups is 1. The standard InChI is InChI=1S/C41H47N7O5/c1-4-6-19-46(20-7-5-2)40(52)36-21-27(3)48(45-36)37-18-17-31(42-38(50)35-24-34(43-41(53)44-35)28-13-9-8-10-14-28)23-33(37)39(51)47-25-30-16-12-11-15-29(30)22-32(47)26-49/h8-18,21,23,32,34,49H,4-7,19-20,22,24-26H2,1-3H3,(H,42,50)(H,43,53). The van der Waals surface area contributed by atoms with Crippen LogP contribution >= 0.6 is 0 Å². The van der Waals surface area contributed by atoms with Gasteiger partial charge in [0.1, 0.15) is 5.71 Å². The molecule has 3 N–H and O–H groups in total. The first-order chi connectivity index (χ1) is 25.7. The molecule has 2 unspecified atom stereocenters. The molecule has 276 valence electrons. The molecule has 0 radical (unpaired) electrons. The van der Waals surface area contributed by atoms with Gasteiger partial charge in [-0.1, -0.05) is 81.3 Å². The van der Waals surface area contributed by atoms with Crippen molar-refractivity contribution in [3.05, 3.63) is 113 Å². The molecular formula is C41H47N7O5. The van der Waals surface area contributed by atoms with Crippen LogP contribution in [0.3, 0.4) is 0 Å². The minimum Gasteiger partial charge on any atom is -0.394 e. The number of rotatable bonds is 13. The van der Waals surface area contributed by atoms with Gasteiger partial charge in [-0.25, -0.2) is 9.48 Å². The zero-order chi connectivity index (χ0) is 37.5. The molecule has 0 spiro atoms. The highest BCUT2D eigenvalue weighted by Crippen LogP contribution is 2.29. The van der Waals surface area contributed by atoms with Crippen LogP contribution in [0.1, 0.15) is 95.2 Å². The number of carbonyl (C=O) groups excluding carboxylic acids is 4. The second-order valence-corrected chi connectivity index (χ2v) is 13.7. The van der Waals surface area contributed by atoms with Crippen molar-refractivity contribution in [3.63, 3.8) is 0 Å². The van der Waals surface area contributed by atoms with Crippen molar-refractivity contribution in [1.82, 2.24) is 24.9 Å². The molecule has 2 aliphatic rings. The van der Waals surface area contributed by atoms with Crippen LogP contribution in [0.15, 0.2) is 83.9 Å². The van der Waals surface area contributed by atoms with Gasteiger partial charge in [0.25, 0.3) is 17.7 Å². The summed E-state index contributed by atoms with van der Waals surface area (Å²) in [6.45, 7) is 7.34. The molecule has 2 aliphatic heterocycles. The van der Waals surface area contributed by atoms with E-state index in [0.717, 1.165) is 42.4 Å². The number of anilines is 1. The normalized spacial score (nSPS) is 16.7. The molecule has 12 heteroatoms. The smallest absolute Gasteiger partial charge is 0.341 e. The van der Waals surface area contributed by atoms with Crippen molar-refractivity contribution >= 4 is 35.2 Å². The van der Waals surface area contributed by atoms with E-state index in [2.05, 4.69) is 29.5 Å². The Hall–Kier alpha value is -5.62. The number of nitrogens with zero attached hydrogens (tertiary/aromatic N) is 5.